The first kappa shape index (κ1) is 11.1. The average molecular weight is 195 g/mol. The van der Waals surface area contributed by atoms with E-state index >= 15 is 0 Å². The zero-order valence-electron chi connectivity index (χ0n) is 9.67. The second kappa shape index (κ2) is 4.03. The van der Waals surface area contributed by atoms with Gasteiger partial charge >= 0.3 is 0 Å². The summed E-state index contributed by atoms with van der Waals surface area (Å²) in [5.41, 5.74) is 7.78. The zero-order chi connectivity index (χ0) is 10.8. The molecule has 1 aromatic heterocycles. The number of anilines is 1. The Bertz CT molecular complexity index is 294. The van der Waals surface area contributed by atoms with Crippen LogP contribution in [0, 0.1) is 0 Å². The molecule has 0 aromatic carbocycles. The van der Waals surface area contributed by atoms with Gasteiger partial charge < -0.3 is 5.73 Å². The Morgan fingerprint density at radius 1 is 1.43 bits per heavy atom. The van der Waals surface area contributed by atoms with Crippen LogP contribution in [0.15, 0.2) is 6.20 Å². The Hall–Kier alpha value is -0.990. The molecule has 0 aliphatic rings. The Morgan fingerprint density at radius 3 is 2.50 bits per heavy atom. The maximum atomic E-state index is 5.92. The van der Waals surface area contributed by atoms with Gasteiger partial charge in [0.2, 0.25) is 0 Å². The Labute approximate surface area is 86.3 Å². The molecule has 0 saturated heterocycles. The van der Waals surface area contributed by atoms with Crippen molar-refractivity contribution in [2.24, 2.45) is 0 Å². The molecule has 0 bridgehead atoms. The van der Waals surface area contributed by atoms with E-state index in [0.29, 0.717) is 0 Å². The lowest BCUT2D eigenvalue weighted by Crippen LogP contribution is -2.14. The second-order valence-electron chi connectivity index (χ2n) is 4.80. The van der Waals surface area contributed by atoms with Crippen LogP contribution in [0.2, 0.25) is 0 Å². The van der Waals surface area contributed by atoms with Crippen molar-refractivity contribution in [2.45, 2.75) is 52.5 Å². The average Bonchev–Trinajstić information content (AvgIpc) is 2.42. The molecule has 0 radical (unpaired) electrons. The molecule has 0 amide bonds. The van der Waals surface area contributed by atoms with Crippen molar-refractivity contribution in [3.8, 4) is 0 Å². The lowest BCUT2D eigenvalue weighted by molar-refractivity contribution is 0.520. The number of aromatic nitrogens is 2. The van der Waals surface area contributed by atoms with Gasteiger partial charge in [0.05, 0.1) is 11.4 Å². The quantitative estimate of drug-likeness (QED) is 0.805. The van der Waals surface area contributed by atoms with E-state index in [2.05, 4.69) is 32.8 Å². The zero-order valence-corrected chi connectivity index (χ0v) is 9.67. The molecule has 0 unspecified atom stereocenters. The minimum atomic E-state index is 0.0432. The molecule has 80 valence electrons. The van der Waals surface area contributed by atoms with Gasteiger partial charge in [0.15, 0.2) is 0 Å². The van der Waals surface area contributed by atoms with Gasteiger partial charge in [-0.05, 0) is 6.42 Å². The molecule has 0 spiro atoms. The lowest BCUT2D eigenvalue weighted by atomic mass is 9.92. The number of hydrogen-bond acceptors (Lipinski definition) is 2. The third-order valence-corrected chi connectivity index (χ3v) is 2.24. The number of nitrogens with two attached hydrogens (primary N) is 1. The van der Waals surface area contributed by atoms with Crippen molar-refractivity contribution < 1.29 is 0 Å². The largest absolute Gasteiger partial charge is 0.396 e. The second-order valence-corrected chi connectivity index (χ2v) is 4.80. The summed E-state index contributed by atoms with van der Waals surface area (Å²) in [6.45, 7) is 9.55. The SMILES string of the molecule is CCCCn1cc(N)c(C(C)(C)C)n1. The van der Waals surface area contributed by atoms with Crippen molar-refractivity contribution in [3.63, 3.8) is 0 Å². The maximum absolute atomic E-state index is 5.92. The summed E-state index contributed by atoms with van der Waals surface area (Å²) in [6, 6.07) is 0. The molecule has 0 fully saturated rings. The van der Waals surface area contributed by atoms with Gasteiger partial charge in [-0.25, -0.2) is 0 Å². The molecule has 0 aliphatic carbocycles. The van der Waals surface area contributed by atoms with Gasteiger partial charge in [0.1, 0.15) is 0 Å². The van der Waals surface area contributed by atoms with Gasteiger partial charge in [0, 0.05) is 18.2 Å². The van der Waals surface area contributed by atoms with Gasteiger partial charge in [-0.3, -0.25) is 4.68 Å². The molecule has 0 saturated carbocycles. The van der Waals surface area contributed by atoms with Crippen molar-refractivity contribution in [3.05, 3.63) is 11.9 Å². The Kier molecular flexibility index (Phi) is 3.19. The third-order valence-electron chi connectivity index (χ3n) is 2.24. The summed E-state index contributed by atoms with van der Waals surface area (Å²) in [5, 5.41) is 4.51. The van der Waals surface area contributed by atoms with Gasteiger partial charge in [0.25, 0.3) is 0 Å². The smallest absolute Gasteiger partial charge is 0.0907 e. The van der Waals surface area contributed by atoms with E-state index in [1.54, 1.807) is 0 Å². The molecular formula is C11H21N3. The van der Waals surface area contributed by atoms with E-state index in [1.165, 1.54) is 6.42 Å². The van der Waals surface area contributed by atoms with Gasteiger partial charge in [-0.2, -0.15) is 5.10 Å². The van der Waals surface area contributed by atoms with Crippen LogP contribution in [-0.2, 0) is 12.0 Å². The minimum Gasteiger partial charge on any atom is -0.396 e. The van der Waals surface area contributed by atoms with E-state index in [9.17, 15) is 0 Å². The fourth-order valence-electron chi connectivity index (χ4n) is 1.45. The summed E-state index contributed by atoms with van der Waals surface area (Å²) >= 11 is 0. The molecule has 3 nitrogen and oxygen atoms in total. The number of nitrogen functional groups attached to an aromatic ring is 1. The molecule has 1 rings (SSSR count). The lowest BCUT2D eigenvalue weighted by Gasteiger charge is -2.15. The van der Waals surface area contributed by atoms with Crippen LogP contribution < -0.4 is 5.73 Å². The van der Waals surface area contributed by atoms with Gasteiger partial charge in [-0.15, -0.1) is 0 Å². The normalized spacial score (nSPS) is 12.0. The first-order valence-corrected chi connectivity index (χ1v) is 5.28. The van der Waals surface area contributed by atoms with Crippen molar-refractivity contribution in [1.29, 1.82) is 0 Å². The standard InChI is InChI=1S/C11H21N3/c1-5-6-7-14-8-9(12)10(13-14)11(2,3)4/h8H,5-7,12H2,1-4H3. The summed E-state index contributed by atoms with van der Waals surface area (Å²) in [5.74, 6) is 0. The minimum absolute atomic E-state index is 0.0432. The number of unbranched alkanes of at least 4 members (excludes halogenated alkanes) is 1. The highest BCUT2D eigenvalue weighted by molar-refractivity contribution is 5.44. The van der Waals surface area contributed by atoms with Crippen LogP contribution in [-0.4, -0.2) is 9.78 Å². The van der Waals surface area contributed by atoms with Gasteiger partial charge in [-0.1, -0.05) is 34.1 Å². The highest BCUT2D eigenvalue weighted by atomic mass is 15.3. The Balaban J connectivity index is 2.83. The molecule has 2 N–H and O–H groups in total. The van der Waals surface area contributed by atoms with Crippen molar-refractivity contribution in [1.82, 2.24) is 9.78 Å². The summed E-state index contributed by atoms with van der Waals surface area (Å²) < 4.78 is 1.96. The predicted octanol–water partition coefficient (Wildman–Crippen LogP) is 2.56. The molecule has 3 heteroatoms. The van der Waals surface area contributed by atoms with E-state index in [4.69, 9.17) is 5.73 Å². The third kappa shape index (κ3) is 2.50. The molecule has 14 heavy (non-hydrogen) atoms. The van der Waals surface area contributed by atoms with Crippen molar-refractivity contribution >= 4 is 5.69 Å². The number of hydrogen-bond donors (Lipinski definition) is 1. The molecular weight excluding hydrogens is 174 g/mol. The maximum Gasteiger partial charge on any atom is 0.0907 e. The monoisotopic (exact) mass is 195 g/mol. The van der Waals surface area contributed by atoms with Crippen molar-refractivity contribution in [2.75, 3.05) is 5.73 Å². The first-order valence-electron chi connectivity index (χ1n) is 5.28. The van der Waals surface area contributed by atoms with E-state index in [0.717, 1.165) is 24.3 Å². The number of nitrogens with zero attached hydrogens (tertiary/aromatic N) is 2. The van der Waals surface area contributed by atoms with Crippen LogP contribution in [0.4, 0.5) is 5.69 Å². The van der Waals surface area contributed by atoms with Crippen LogP contribution >= 0.6 is 0 Å². The number of aryl methyl sites for hydroxylation is 1. The van der Waals surface area contributed by atoms with Crippen LogP contribution in [0.25, 0.3) is 0 Å². The summed E-state index contributed by atoms with van der Waals surface area (Å²) in [7, 11) is 0. The summed E-state index contributed by atoms with van der Waals surface area (Å²) in [4.78, 5) is 0. The fourth-order valence-corrected chi connectivity index (χ4v) is 1.45. The van der Waals surface area contributed by atoms with E-state index in [1.807, 2.05) is 10.9 Å². The van der Waals surface area contributed by atoms with E-state index in [-0.39, 0.29) is 5.41 Å². The highest BCUT2D eigenvalue weighted by Crippen LogP contribution is 2.25. The molecule has 0 atom stereocenters. The predicted molar refractivity (Wildman–Crippen MR) is 60.2 cm³/mol. The van der Waals surface area contributed by atoms with Crippen LogP contribution in [0.5, 0.6) is 0 Å². The van der Waals surface area contributed by atoms with Crippen LogP contribution in [0.1, 0.15) is 46.2 Å². The molecule has 0 aliphatic heterocycles. The fraction of sp³-hybridized carbons (Fsp3) is 0.727. The van der Waals surface area contributed by atoms with E-state index < -0.39 is 0 Å². The molecule has 1 aromatic rings. The first-order chi connectivity index (χ1) is 6.45. The molecule has 1 heterocycles. The topological polar surface area (TPSA) is 43.8 Å². The number of rotatable bonds is 3. The Morgan fingerprint density at radius 2 is 2.07 bits per heavy atom. The van der Waals surface area contributed by atoms with Crippen LogP contribution in [0.3, 0.4) is 0 Å². The highest BCUT2D eigenvalue weighted by Gasteiger charge is 2.20. The summed E-state index contributed by atoms with van der Waals surface area (Å²) in [6.07, 6.45) is 4.28.